The van der Waals surface area contributed by atoms with Gasteiger partial charge in [-0.15, -0.1) is 11.3 Å². The highest BCUT2D eigenvalue weighted by atomic mass is 32.1. The molecule has 2 aromatic carbocycles. The summed E-state index contributed by atoms with van der Waals surface area (Å²) in [5.41, 5.74) is 2.59. The minimum absolute atomic E-state index is 0.0493. The van der Waals surface area contributed by atoms with E-state index in [2.05, 4.69) is 5.32 Å². The first-order valence-corrected chi connectivity index (χ1v) is 12.6. The SMILES string of the molecule is C[C@@H]1CN(C(=O)c2cc3ccsc3n2Cc2ccc(F)cc2)CCN1C(=O)NCc1ccccc1. The largest absolute Gasteiger partial charge is 0.334 e. The third-order valence-corrected chi connectivity index (χ3v) is 7.39. The molecular formula is C27H27FN4O2S. The van der Waals surface area contributed by atoms with Crippen LogP contribution in [-0.2, 0) is 13.1 Å². The molecule has 6 nitrogen and oxygen atoms in total. The van der Waals surface area contributed by atoms with Gasteiger partial charge in [-0.1, -0.05) is 42.5 Å². The van der Waals surface area contributed by atoms with E-state index in [1.807, 2.05) is 64.2 Å². The van der Waals surface area contributed by atoms with Crippen molar-refractivity contribution >= 4 is 33.5 Å². The van der Waals surface area contributed by atoms with E-state index in [4.69, 9.17) is 0 Å². The molecule has 0 radical (unpaired) electrons. The standard InChI is InChI=1S/C27H27FN4O2S/c1-19-17-30(12-13-31(19)27(34)29-16-20-5-3-2-4-6-20)25(33)24-15-22-11-14-35-26(22)32(24)18-21-7-9-23(28)10-8-21/h2-11,14-15,19H,12-13,16-18H2,1H3,(H,29,34)/t19-/m1/s1. The van der Waals surface area contributed by atoms with Crippen molar-refractivity contribution in [2.45, 2.75) is 26.1 Å². The molecule has 1 N–H and O–H groups in total. The third kappa shape index (κ3) is 4.93. The van der Waals surface area contributed by atoms with E-state index in [1.54, 1.807) is 28.4 Å². The summed E-state index contributed by atoms with van der Waals surface area (Å²) in [7, 11) is 0. The number of amides is 3. The van der Waals surface area contributed by atoms with E-state index < -0.39 is 0 Å². The summed E-state index contributed by atoms with van der Waals surface area (Å²) < 4.78 is 15.4. The lowest BCUT2D eigenvalue weighted by atomic mass is 10.1. The summed E-state index contributed by atoms with van der Waals surface area (Å²) in [6.45, 7) is 4.34. The van der Waals surface area contributed by atoms with Gasteiger partial charge in [0.05, 0.1) is 0 Å². The van der Waals surface area contributed by atoms with E-state index in [1.165, 1.54) is 12.1 Å². The van der Waals surface area contributed by atoms with Crippen LogP contribution in [0.2, 0.25) is 0 Å². The molecule has 8 heteroatoms. The second-order valence-corrected chi connectivity index (χ2v) is 9.76. The minimum Gasteiger partial charge on any atom is -0.334 e. The van der Waals surface area contributed by atoms with Gasteiger partial charge in [0.2, 0.25) is 0 Å². The number of carbonyl (C=O) groups excluding carboxylic acids is 2. The number of hydrogen-bond donors (Lipinski definition) is 1. The van der Waals surface area contributed by atoms with Crippen molar-refractivity contribution in [3.05, 3.63) is 94.7 Å². The van der Waals surface area contributed by atoms with Crippen LogP contribution < -0.4 is 5.32 Å². The lowest BCUT2D eigenvalue weighted by Gasteiger charge is -2.39. The molecule has 3 amide bonds. The van der Waals surface area contributed by atoms with Crippen LogP contribution in [-0.4, -0.2) is 52.0 Å². The Kier molecular flexibility index (Phi) is 6.55. The predicted molar refractivity (Wildman–Crippen MR) is 136 cm³/mol. The lowest BCUT2D eigenvalue weighted by molar-refractivity contribution is 0.0570. The van der Waals surface area contributed by atoms with Crippen molar-refractivity contribution < 1.29 is 14.0 Å². The monoisotopic (exact) mass is 490 g/mol. The molecule has 0 saturated carbocycles. The highest BCUT2D eigenvalue weighted by Gasteiger charge is 2.31. The summed E-state index contributed by atoms with van der Waals surface area (Å²) >= 11 is 1.59. The van der Waals surface area contributed by atoms with Gasteiger partial charge in [-0.2, -0.15) is 0 Å². The second-order valence-electron chi connectivity index (χ2n) is 8.86. The van der Waals surface area contributed by atoms with Gasteiger partial charge >= 0.3 is 6.03 Å². The number of halogens is 1. The number of rotatable bonds is 5. The van der Waals surface area contributed by atoms with Crippen molar-refractivity contribution in [3.63, 3.8) is 0 Å². The Hall–Kier alpha value is -3.65. The van der Waals surface area contributed by atoms with Crippen molar-refractivity contribution in [1.82, 2.24) is 19.7 Å². The number of fused-ring (bicyclic) bond motifs is 1. The molecule has 1 atom stereocenters. The van der Waals surface area contributed by atoms with Crippen LogP contribution in [0, 0.1) is 5.82 Å². The molecule has 0 bridgehead atoms. The molecule has 2 aromatic heterocycles. The molecule has 3 heterocycles. The summed E-state index contributed by atoms with van der Waals surface area (Å²) in [4.78, 5) is 31.0. The van der Waals surface area contributed by atoms with Crippen LogP contribution in [0.5, 0.6) is 0 Å². The highest BCUT2D eigenvalue weighted by Crippen LogP contribution is 2.28. The maximum absolute atomic E-state index is 13.6. The smallest absolute Gasteiger partial charge is 0.318 e. The number of thiophene rings is 1. The summed E-state index contributed by atoms with van der Waals surface area (Å²) in [6, 6.07) is 19.9. The lowest BCUT2D eigenvalue weighted by Crippen LogP contribution is -2.57. The van der Waals surface area contributed by atoms with E-state index >= 15 is 0 Å². The van der Waals surface area contributed by atoms with Crippen LogP contribution in [0.1, 0.15) is 28.5 Å². The highest BCUT2D eigenvalue weighted by molar-refractivity contribution is 7.16. The Balaban J connectivity index is 1.28. The van der Waals surface area contributed by atoms with Crippen molar-refractivity contribution in [3.8, 4) is 0 Å². The van der Waals surface area contributed by atoms with E-state index in [-0.39, 0.29) is 23.8 Å². The molecule has 180 valence electrons. The van der Waals surface area contributed by atoms with Gasteiger partial charge in [-0.25, -0.2) is 9.18 Å². The van der Waals surface area contributed by atoms with E-state index in [0.29, 0.717) is 38.4 Å². The van der Waals surface area contributed by atoms with Crippen LogP contribution >= 0.6 is 11.3 Å². The number of carbonyl (C=O) groups is 2. The van der Waals surface area contributed by atoms with Gasteiger partial charge in [-0.3, -0.25) is 4.79 Å². The molecule has 1 fully saturated rings. The number of hydrogen-bond acceptors (Lipinski definition) is 3. The van der Waals surface area contributed by atoms with E-state index in [0.717, 1.165) is 21.3 Å². The zero-order chi connectivity index (χ0) is 24.4. The number of aromatic nitrogens is 1. The molecule has 1 aliphatic heterocycles. The Morgan fingerprint density at radius 2 is 1.80 bits per heavy atom. The fourth-order valence-electron chi connectivity index (χ4n) is 4.56. The Morgan fingerprint density at radius 1 is 1.03 bits per heavy atom. The van der Waals surface area contributed by atoms with Gasteiger partial charge in [0.25, 0.3) is 5.91 Å². The van der Waals surface area contributed by atoms with Gasteiger partial charge in [-0.05, 0) is 47.7 Å². The number of benzene rings is 2. The first-order valence-electron chi connectivity index (χ1n) is 11.7. The quantitative estimate of drug-likeness (QED) is 0.431. The number of piperazine rings is 1. The first-order chi connectivity index (χ1) is 17.0. The van der Waals surface area contributed by atoms with Crippen LogP contribution in [0.3, 0.4) is 0 Å². The number of urea groups is 1. The average Bonchev–Trinajstić information content (AvgIpc) is 3.46. The average molecular weight is 491 g/mol. The van der Waals surface area contributed by atoms with Gasteiger partial charge < -0.3 is 19.7 Å². The minimum atomic E-state index is -0.279. The molecule has 5 rings (SSSR count). The summed E-state index contributed by atoms with van der Waals surface area (Å²) in [5.74, 6) is -0.329. The van der Waals surface area contributed by atoms with Crippen molar-refractivity contribution in [2.75, 3.05) is 19.6 Å². The molecule has 0 aliphatic carbocycles. The molecule has 0 spiro atoms. The van der Waals surface area contributed by atoms with Crippen LogP contribution in [0.25, 0.3) is 10.2 Å². The molecule has 4 aromatic rings. The zero-order valence-corrected chi connectivity index (χ0v) is 20.3. The third-order valence-electron chi connectivity index (χ3n) is 6.44. The van der Waals surface area contributed by atoms with E-state index in [9.17, 15) is 14.0 Å². The molecule has 1 saturated heterocycles. The summed E-state index contributed by atoms with van der Waals surface area (Å²) in [6.07, 6.45) is 0. The summed E-state index contributed by atoms with van der Waals surface area (Å²) in [5, 5.41) is 6.01. The Bertz CT molecular complexity index is 1330. The maximum Gasteiger partial charge on any atom is 0.318 e. The van der Waals surface area contributed by atoms with Crippen molar-refractivity contribution in [1.29, 1.82) is 0 Å². The second kappa shape index (κ2) is 9.92. The normalized spacial score (nSPS) is 16.0. The fraction of sp³-hybridized carbons (Fsp3) is 0.259. The van der Waals surface area contributed by atoms with Gasteiger partial charge in [0.15, 0.2) is 0 Å². The van der Waals surface area contributed by atoms with Crippen LogP contribution in [0.4, 0.5) is 9.18 Å². The van der Waals surface area contributed by atoms with Crippen molar-refractivity contribution in [2.24, 2.45) is 0 Å². The molecule has 0 unspecified atom stereocenters. The van der Waals surface area contributed by atoms with Gasteiger partial charge in [0, 0.05) is 44.2 Å². The maximum atomic E-state index is 13.6. The number of nitrogens with zero attached hydrogens (tertiary/aromatic N) is 3. The Morgan fingerprint density at radius 3 is 2.54 bits per heavy atom. The Labute approximate surface area is 207 Å². The van der Waals surface area contributed by atoms with Crippen LogP contribution in [0.15, 0.2) is 72.1 Å². The molecule has 1 aliphatic rings. The molecular weight excluding hydrogens is 463 g/mol. The number of nitrogens with one attached hydrogen (secondary N) is 1. The fourth-order valence-corrected chi connectivity index (χ4v) is 5.46. The zero-order valence-electron chi connectivity index (χ0n) is 19.5. The predicted octanol–water partition coefficient (Wildman–Crippen LogP) is 4.95. The first kappa shape index (κ1) is 23.1. The molecule has 35 heavy (non-hydrogen) atoms. The van der Waals surface area contributed by atoms with Gasteiger partial charge in [0.1, 0.15) is 16.3 Å². The topological polar surface area (TPSA) is 57.6 Å².